The number of hydrogen-bond acceptors (Lipinski definition) is 10. The quantitative estimate of drug-likeness (QED) is 0.310. The van der Waals surface area contributed by atoms with Crippen molar-refractivity contribution in [3.63, 3.8) is 0 Å². The lowest BCUT2D eigenvalue weighted by Gasteiger charge is -2.42. The van der Waals surface area contributed by atoms with Crippen LogP contribution in [0.5, 0.6) is 0 Å². The summed E-state index contributed by atoms with van der Waals surface area (Å²) in [6.07, 6.45) is 1.60. The largest absolute Gasteiger partial charge is 0.368 e. The molecule has 1 saturated heterocycles. The molecule has 1 amide bonds. The zero-order valence-electron chi connectivity index (χ0n) is 23.7. The second kappa shape index (κ2) is 9.84. The Labute approximate surface area is 250 Å². The molecule has 12 nitrogen and oxygen atoms in total. The first-order chi connectivity index (χ1) is 20.4. The highest BCUT2D eigenvalue weighted by Gasteiger charge is 2.53. The first-order valence-electron chi connectivity index (χ1n) is 14.0. The summed E-state index contributed by atoms with van der Waals surface area (Å²) in [5.41, 5.74) is 0.532. The van der Waals surface area contributed by atoms with Crippen LogP contribution in [0, 0.1) is 0 Å². The number of rotatable bonds is 8. The summed E-state index contributed by atoms with van der Waals surface area (Å²) in [5, 5.41) is 12.2. The number of alkyl halides is 2. The van der Waals surface area contributed by atoms with Crippen LogP contribution in [0.3, 0.4) is 0 Å². The number of benzene rings is 1. The van der Waals surface area contributed by atoms with Gasteiger partial charge in [0.15, 0.2) is 15.7 Å². The SMILES string of the molecule is COC1(C(=O)N2CCN(c3cc(S(=O)(=O)NC4(C)CC4)cc4c(-c5nnc(C(F)F)s5)nc5ccnn5c34)CC2C)CC1. The lowest BCUT2D eigenvalue weighted by Crippen LogP contribution is -2.57. The molecule has 1 aromatic carbocycles. The van der Waals surface area contributed by atoms with Crippen LogP contribution >= 0.6 is 11.3 Å². The average Bonchev–Trinajstić information content (AvgIpc) is 3.78. The fourth-order valence-electron chi connectivity index (χ4n) is 5.73. The van der Waals surface area contributed by atoms with Crippen LogP contribution < -0.4 is 9.62 Å². The van der Waals surface area contributed by atoms with E-state index in [1.807, 2.05) is 23.6 Å². The van der Waals surface area contributed by atoms with Gasteiger partial charge in [0.25, 0.3) is 12.3 Å². The minimum atomic E-state index is -3.98. The van der Waals surface area contributed by atoms with Gasteiger partial charge in [0.05, 0.1) is 22.3 Å². The lowest BCUT2D eigenvalue weighted by molar-refractivity contribution is -0.147. The van der Waals surface area contributed by atoms with Crippen molar-refractivity contribution in [1.29, 1.82) is 0 Å². The number of nitrogens with one attached hydrogen (secondary N) is 1. The van der Waals surface area contributed by atoms with E-state index in [4.69, 9.17) is 4.74 Å². The van der Waals surface area contributed by atoms with Gasteiger partial charge in [0.2, 0.25) is 10.0 Å². The number of amides is 1. The molecule has 1 N–H and O–H groups in total. The van der Waals surface area contributed by atoms with Gasteiger partial charge in [-0.2, -0.15) is 5.10 Å². The Balaban J connectivity index is 1.39. The molecule has 1 atom stereocenters. The Bertz CT molecular complexity index is 1870. The zero-order valence-corrected chi connectivity index (χ0v) is 25.4. The topological polar surface area (TPSA) is 135 Å². The first kappa shape index (κ1) is 28.4. The summed E-state index contributed by atoms with van der Waals surface area (Å²) < 4.78 is 64.3. The van der Waals surface area contributed by atoms with Gasteiger partial charge in [-0.15, -0.1) is 10.2 Å². The van der Waals surface area contributed by atoms with Crippen molar-refractivity contribution in [2.24, 2.45) is 0 Å². The van der Waals surface area contributed by atoms with Crippen LogP contribution in [-0.4, -0.2) is 87.9 Å². The average molecular weight is 633 g/mol. The maximum absolute atomic E-state index is 13.7. The van der Waals surface area contributed by atoms with Crippen molar-refractivity contribution in [2.75, 3.05) is 31.6 Å². The van der Waals surface area contributed by atoms with E-state index in [2.05, 4.69) is 25.0 Å². The number of hydrogen-bond donors (Lipinski definition) is 1. The summed E-state index contributed by atoms with van der Waals surface area (Å²) in [6.45, 7) is 5.06. The Hall–Kier alpha value is -3.34. The molecule has 16 heteroatoms. The van der Waals surface area contributed by atoms with Crippen molar-refractivity contribution in [3.8, 4) is 10.7 Å². The predicted octanol–water partition coefficient (Wildman–Crippen LogP) is 3.39. The second-order valence-corrected chi connectivity index (χ2v) is 14.5. The van der Waals surface area contributed by atoms with Gasteiger partial charge in [-0.3, -0.25) is 4.79 Å². The molecule has 0 radical (unpaired) electrons. The summed E-state index contributed by atoms with van der Waals surface area (Å²) in [6, 6.07) is 4.60. The van der Waals surface area contributed by atoms with Gasteiger partial charge < -0.3 is 14.5 Å². The minimum Gasteiger partial charge on any atom is -0.368 e. The van der Waals surface area contributed by atoms with E-state index in [9.17, 15) is 22.0 Å². The number of nitrogens with zero attached hydrogens (tertiary/aromatic N) is 7. The highest BCUT2D eigenvalue weighted by molar-refractivity contribution is 7.89. The lowest BCUT2D eigenvalue weighted by atomic mass is 10.1. The number of piperazine rings is 1. The molecular weight excluding hydrogens is 602 g/mol. The van der Waals surface area contributed by atoms with Crippen molar-refractivity contribution in [2.45, 2.75) is 68.0 Å². The normalized spacial score (nSPS) is 21.2. The van der Waals surface area contributed by atoms with Gasteiger partial charge in [-0.25, -0.2) is 31.4 Å². The van der Waals surface area contributed by atoms with Crippen LogP contribution in [0.2, 0.25) is 0 Å². The third kappa shape index (κ3) is 4.84. The van der Waals surface area contributed by atoms with Crippen LogP contribution in [-0.2, 0) is 19.6 Å². The van der Waals surface area contributed by atoms with E-state index in [1.165, 1.54) is 6.07 Å². The molecule has 228 valence electrons. The molecule has 43 heavy (non-hydrogen) atoms. The van der Waals surface area contributed by atoms with Gasteiger partial charge in [-0.1, -0.05) is 11.3 Å². The fourth-order valence-corrected chi connectivity index (χ4v) is 7.95. The van der Waals surface area contributed by atoms with E-state index < -0.39 is 32.6 Å². The van der Waals surface area contributed by atoms with Crippen LogP contribution in [0.15, 0.2) is 29.3 Å². The van der Waals surface area contributed by atoms with Crippen LogP contribution in [0.1, 0.15) is 51.0 Å². The molecule has 2 aliphatic carbocycles. The number of methoxy groups -OCH3 is 1. The summed E-state index contributed by atoms with van der Waals surface area (Å²) >= 11 is 0.710. The summed E-state index contributed by atoms with van der Waals surface area (Å²) in [5.74, 6) is -0.0303. The molecule has 3 aliphatic rings. The molecule has 2 saturated carbocycles. The van der Waals surface area contributed by atoms with Gasteiger partial charge in [0, 0.05) is 49.8 Å². The molecular formula is C27H30F2N8O4S2. The third-order valence-corrected chi connectivity index (χ3v) is 11.2. The predicted molar refractivity (Wildman–Crippen MR) is 155 cm³/mol. The van der Waals surface area contributed by atoms with Crippen LogP contribution in [0.4, 0.5) is 14.5 Å². The number of fused-ring (bicyclic) bond motifs is 3. The highest BCUT2D eigenvalue weighted by atomic mass is 32.2. The van der Waals surface area contributed by atoms with Crippen molar-refractivity contribution in [3.05, 3.63) is 29.4 Å². The fraction of sp³-hybridized carbons (Fsp3) is 0.519. The molecule has 0 spiro atoms. The monoisotopic (exact) mass is 632 g/mol. The maximum atomic E-state index is 13.7. The van der Waals surface area contributed by atoms with Crippen LogP contribution in [0.25, 0.3) is 27.3 Å². The number of carbonyl (C=O) groups excluding carboxylic acids is 1. The molecule has 7 rings (SSSR count). The van der Waals surface area contributed by atoms with Crippen molar-refractivity contribution >= 4 is 49.5 Å². The zero-order chi connectivity index (χ0) is 30.3. The van der Waals surface area contributed by atoms with E-state index in [0.717, 1.165) is 12.8 Å². The molecule has 3 aromatic heterocycles. The van der Waals surface area contributed by atoms with Gasteiger partial charge in [-0.05, 0) is 51.7 Å². The smallest absolute Gasteiger partial charge is 0.291 e. The summed E-state index contributed by atoms with van der Waals surface area (Å²) in [7, 11) is -2.42. The van der Waals surface area contributed by atoms with Crippen molar-refractivity contribution < 1.29 is 26.7 Å². The molecule has 1 unspecified atom stereocenters. The number of carbonyl (C=O) groups is 1. The van der Waals surface area contributed by atoms with Gasteiger partial charge >= 0.3 is 0 Å². The van der Waals surface area contributed by atoms with E-state index in [0.29, 0.717) is 66.1 Å². The van der Waals surface area contributed by atoms with Gasteiger partial charge in [0.1, 0.15) is 11.3 Å². The number of anilines is 1. The number of aromatic nitrogens is 5. The molecule has 0 bridgehead atoms. The molecule has 4 heterocycles. The Morgan fingerprint density at radius 2 is 1.95 bits per heavy atom. The second-order valence-electron chi connectivity index (χ2n) is 11.8. The number of ether oxygens (including phenoxy) is 1. The van der Waals surface area contributed by atoms with E-state index in [1.54, 1.807) is 30.0 Å². The highest BCUT2D eigenvalue weighted by Crippen LogP contribution is 2.43. The van der Waals surface area contributed by atoms with E-state index in [-0.39, 0.29) is 27.5 Å². The molecule has 1 aliphatic heterocycles. The number of sulfonamides is 1. The first-order valence-corrected chi connectivity index (χ1v) is 16.3. The van der Waals surface area contributed by atoms with E-state index >= 15 is 0 Å². The minimum absolute atomic E-state index is 0.0127. The van der Waals surface area contributed by atoms with Crippen molar-refractivity contribution in [1.82, 2.24) is 34.4 Å². The standard InChI is InChI=1S/C27H30F2N8O4S2/c1-15-14-35(10-11-36(15)25(38)27(41-3)7-8-27)18-13-16(43(39,40)34-26(2)5-6-26)12-17-20(23-32-33-24(42-23)22(28)29)31-19-4-9-30-37(19)21(17)18/h4,9,12-13,15,22,34H,5-8,10-11,14H2,1-3H3. The number of halogens is 2. The maximum Gasteiger partial charge on any atom is 0.291 e. The molecule has 4 aromatic rings. The Morgan fingerprint density at radius 1 is 1.19 bits per heavy atom. The Kier molecular flexibility index (Phi) is 6.50. The summed E-state index contributed by atoms with van der Waals surface area (Å²) in [4.78, 5) is 21.8. The third-order valence-electron chi connectivity index (χ3n) is 8.61. The molecule has 3 fully saturated rings. The Morgan fingerprint density at radius 3 is 2.58 bits per heavy atom.